The first-order valence-electron chi connectivity index (χ1n) is 6.33. The third kappa shape index (κ3) is 3.68. The van der Waals surface area contributed by atoms with E-state index in [1.165, 1.54) is 0 Å². The van der Waals surface area contributed by atoms with Crippen molar-refractivity contribution in [2.24, 2.45) is 0 Å². The largest absolute Gasteiger partial charge is 0.450 e. The Balaban J connectivity index is 1.65. The number of nitrogens with zero attached hydrogens (tertiary/aromatic N) is 2. The van der Waals surface area contributed by atoms with Crippen LogP contribution in [0.5, 0.6) is 0 Å². The number of hydrogen-bond acceptors (Lipinski definition) is 5. The topological polar surface area (TPSA) is 54.5 Å². The Hall–Kier alpha value is -1.14. The minimum absolute atomic E-state index is 0.193. The van der Waals surface area contributed by atoms with Crippen LogP contribution in [-0.2, 0) is 11.2 Å². The van der Waals surface area contributed by atoms with Crippen molar-refractivity contribution in [3.05, 3.63) is 16.6 Å². The van der Waals surface area contributed by atoms with Gasteiger partial charge in [-0.2, -0.15) is 0 Å². The van der Waals surface area contributed by atoms with E-state index in [2.05, 4.69) is 10.3 Å². The quantitative estimate of drug-likeness (QED) is 0.880. The average molecular weight is 269 g/mol. The van der Waals surface area contributed by atoms with Gasteiger partial charge in [-0.05, 0) is 13.3 Å². The molecule has 18 heavy (non-hydrogen) atoms. The number of thiazole rings is 1. The van der Waals surface area contributed by atoms with Crippen LogP contribution in [0.3, 0.4) is 0 Å². The molecule has 1 aliphatic heterocycles. The molecule has 0 radical (unpaired) electrons. The van der Waals surface area contributed by atoms with Gasteiger partial charge in [-0.25, -0.2) is 9.78 Å². The summed E-state index contributed by atoms with van der Waals surface area (Å²) in [5, 5.41) is 6.61. The summed E-state index contributed by atoms with van der Waals surface area (Å²) >= 11 is 1.68. The molecule has 0 aromatic carbocycles. The summed E-state index contributed by atoms with van der Waals surface area (Å²) in [5.41, 5.74) is 0. The maximum atomic E-state index is 11.5. The molecule has 1 amide bonds. The Kier molecular flexibility index (Phi) is 4.95. The average Bonchev–Trinajstić information content (AvgIpc) is 3.00. The normalized spacial score (nSPS) is 19.2. The van der Waals surface area contributed by atoms with Crippen LogP contribution in [0, 0.1) is 0 Å². The van der Waals surface area contributed by atoms with Gasteiger partial charge < -0.3 is 15.0 Å². The van der Waals surface area contributed by atoms with E-state index in [0.29, 0.717) is 12.6 Å². The van der Waals surface area contributed by atoms with Crippen molar-refractivity contribution in [3.63, 3.8) is 0 Å². The van der Waals surface area contributed by atoms with E-state index in [1.807, 2.05) is 18.5 Å². The minimum Gasteiger partial charge on any atom is -0.450 e. The zero-order valence-electron chi connectivity index (χ0n) is 10.6. The molecule has 1 saturated heterocycles. The van der Waals surface area contributed by atoms with Crippen molar-refractivity contribution < 1.29 is 9.53 Å². The molecule has 0 aliphatic carbocycles. The number of carbonyl (C=O) groups excluding carboxylic acids is 1. The Bertz CT molecular complexity index is 369. The highest BCUT2D eigenvalue weighted by molar-refractivity contribution is 7.09. The Morgan fingerprint density at radius 1 is 1.72 bits per heavy atom. The van der Waals surface area contributed by atoms with Crippen LogP contribution in [0.2, 0.25) is 0 Å². The van der Waals surface area contributed by atoms with E-state index in [1.54, 1.807) is 16.2 Å². The summed E-state index contributed by atoms with van der Waals surface area (Å²) in [6.07, 6.45) is 3.59. The highest BCUT2D eigenvalue weighted by Crippen LogP contribution is 2.11. The smallest absolute Gasteiger partial charge is 0.409 e. The number of amides is 1. The fourth-order valence-electron chi connectivity index (χ4n) is 2.07. The maximum Gasteiger partial charge on any atom is 0.409 e. The van der Waals surface area contributed by atoms with E-state index in [0.717, 1.165) is 37.5 Å². The van der Waals surface area contributed by atoms with Crippen LogP contribution >= 0.6 is 11.3 Å². The van der Waals surface area contributed by atoms with Gasteiger partial charge in [0.1, 0.15) is 0 Å². The molecular formula is C12H19N3O2S. The van der Waals surface area contributed by atoms with Crippen LogP contribution < -0.4 is 5.32 Å². The zero-order chi connectivity index (χ0) is 12.8. The molecule has 1 N–H and O–H groups in total. The van der Waals surface area contributed by atoms with Gasteiger partial charge in [0, 0.05) is 43.7 Å². The SMILES string of the molecule is CCOC(=O)N1CC[C@H](NCCc2nccs2)C1. The summed E-state index contributed by atoms with van der Waals surface area (Å²) in [6, 6.07) is 0.384. The second-order valence-electron chi connectivity index (χ2n) is 4.26. The molecule has 0 unspecified atom stereocenters. The van der Waals surface area contributed by atoms with Crippen molar-refractivity contribution in [3.8, 4) is 0 Å². The van der Waals surface area contributed by atoms with Gasteiger partial charge in [0.05, 0.1) is 11.6 Å². The van der Waals surface area contributed by atoms with Gasteiger partial charge in [-0.3, -0.25) is 0 Å². The van der Waals surface area contributed by atoms with Gasteiger partial charge in [0.25, 0.3) is 0 Å². The fourth-order valence-corrected chi connectivity index (χ4v) is 2.69. The lowest BCUT2D eigenvalue weighted by atomic mass is 10.2. The lowest BCUT2D eigenvalue weighted by molar-refractivity contribution is 0.115. The number of hydrogen-bond donors (Lipinski definition) is 1. The third-order valence-corrected chi connectivity index (χ3v) is 3.81. The first kappa shape index (κ1) is 13.3. The first-order valence-corrected chi connectivity index (χ1v) is 7.21. The molecule has 6 heteroatoms. The first-order chi connectivity index (χ1) is 8.79. The van der Waals surface area contributed by atoms with Gasteiger partial charge in [0.15, 0.2) is 0 Å². The second-order valence-corrected chi connectivity index (χ2v) is 5.24. The van der Waals surface area contributed by atoms with Crippen LogP contribution in [0.15, 0.2) is 11.6 Å². The predicted octanol–water partition coefficient (Wildman–Crippen LogP) is 1.51. The highest BCUT2D eigenvalue weighted by atomic mass is 32.1. The highest BCUT2D eigenvalue weighted by Gasteiger charge is 2.26. The Morgan fingerprint density at radius 3 is 3.33 bits per heavy atom. The summed E-state index contributed by atoms with van der Waals surface area (Å²) in [7, 11) is 0. The van der Waals surface area contributed by atoms with Crippen molar-refractivity contribution in [2.75, 3.05) is 26.2 Å². The maximum absolute atomic E-state index is 11.5. The lowest BCUT2D eigenvalue weighted by Gasteiger charge is -2.16. The van der Waals surface area contributed by atoms with Crippen LogP contribution in [0.25, 0.3) is 0 Å². The summed E-state index contributed by atoms with van der Waals surface area (Å²) in [5.74, 6) is 0. The van der Waals surface area contributed by atoms with Crippen molar-refractivity contribution in [1.82, 2.24) is 15.2 Å². The van der Waals surface area contributed by atoms with Crippen molar-refractivity contribution in [2.45, 2.75) is 25.8 Å². The number of likely N-dealkylation sites (tertiary alicyclic amines) is 1. The van der Waals surface area contributed by atoms with Crippen molar-refractivity contribution >= 4 is 17.4 Å². The third-order valence-electron chi connectivity index (χ3n) is 2.97. The molecule has 1 aromatic rings. The number of aromatic nitrogens is 1. The van der Waals surface area contributed by atoms with E-state index in [4.69, 9.17) is 4.74 Å². The molecular weight excluding hydrogens is 250 g/mol. The summed E-state index contributed by atoms with van der Waals surface area (Å²) < 4.78 is 4.99. The van der Waals surface area contributed by atoms with Gasteiger partial charge in [-0.15, -0.1) is 11.3 Å². The molecule has 0 spiro atoms. The van der Waals surface area contributed by atoms with Crippen LogP contribution in [0.4, 0.5) is 4.79 Å². The molecule has 0 bridgehead atoms. The summed E-state index contributed by atoms with van der Waals surface area (Å²) in [6.45, 7) is 4.72. The van der Waals surface area contributed by atoms with E-state index < -0.39 is 0 Å². The standard InChI is InChI=1S/C12H19N3O2S/c1-2-17-12(16)15-7-4-10(9-15)13-5-3-11-14-6-8-18-11/h6,8,10,13H,2-5,7,9H2,1H3/t10-/m0/s1. The molecule has 1 fully saturated rings. The molecule has 5 nitrogen and oxygen atoms in total. The zero-order valence-corrected chi connectivity index (χ0v) is 11.4. The number of ether oxygens (including phenoxy) is 1. The lowest BCUT2D eigenvalue weighted by Crippen LogP contribution is -2.36. The predicted molar refractivity (Wildman–Crippen MR) is 70.8 cm³/mol. The van der Waals surface area contributed by atoms with Crippen LogP contribution in [0.1, 0.15) is 18.4 Å². The molecule has 2 rings (SSSR count). The number of carbonyl (C=O) groups is 1. The van der Waals surface area contributed by atoms with Crippen LogP contribution in [-0.4, -0.2) is 48.3 Å². The molecule has 1 aliphatic rings. The Labute approximate surface area is 111 Å². The van der Waals surface area contributed by atoms with Gasteiger partial charge in [0.2, 0.25) is 0 Å². The molecule has 2 heterocycles. The Morgan fingerprint density at radius 2 is 2.61 bits per heavy atom. The van der Waals surface area contributed by atoms with Gasteiger partial charge in [-0.1, -0.05) is 0 Å². The summed E-state index contributed by atoms with van der Waals surface area (Å²) in [4.78, 5) is 17.5. The number of rotatable bonds is 5. The fraction of sp³-hybridized carbons (Fsp3) is 0.667. The molecule has 0 saturated carbocycles. The number of nitrogens with one attached hydrogen (secondary N) is 1. The van der Waals surface area contributed by atoms with E-state index >= 15 is 0 Å². The molecule has 1 aromatic heterocycles. The van der Waals surface area contributed by atoms with E-state index in [-0.39, 0.29) is 6.09 Å². The van der Waals surface area contributed by atoms with Gasteiger partial charge >= 0.3 is 6.09 Å². The van der Waals surface area contributed by atoms with Crippen molar-refractivity contribution in [1.29, 1.82) is 0 Å². The molecule has 100 valence electrons. The minimum atomic E-state index is -0.193. The second kappa shape index (κ2) is 6.70. The molecule has 1 atom stereocenters. The monoisotopic (exact) mass is 269 g/mol. The van der Waals surface area contributed by atoms with E-state index in [9.17, 15) is 4.79 Å².